The number of rotatable bonds is 10. The van der Waals surface area contributed by atoms with Crippen molar-refractivity contribution in [1.82, 2.24) is 15.1 Å². The molecule has 2 fully saturated rings. The molecule has 1 atom stereocenters. The summed E-state index contributed by atoms with van der Waals surface area (Å²) in [6, 6.07) is 14.2. The SMILES string of the molecule is CCOC(=O)NC(CCN1CCC2(CC1)CCN(Cc1ccc(S(C)(=O)=O)cc1)C2=O)c1ccccc1OC.Cl. The van der Waals surface area contributed by atoms with Gasteiger partial charge in [0.1, 0.15) is 5.75 Å². The maximum atomic E-state index is 13.5. The molecule has 2 aromatic carbocycles. The maximum absolute atomic E-state index is 13.5. The van der Waals surface area contributed by atoms with Crippen molar-refractivity contribution in [2.75, 3.05) is 46.2 Å². The lowest BCUT2D eigenvalue weighted by atomic mass is 9.77. The summed E-state index contributed by atoms with van der Waals surface area (Å²) in [7, 11) is -1.62. The van der Waals surface area contributed by atoms with E-state index in [1.165, 1.54) is 6.26 Å². The Bertz CT molecular complexity index is 1260. The van der Waals surface area contributed by atoms with Gasteiger partial charge in [0.05, 0.1) is 30.1 Å². The predicted molar refractivity (Wildman–Crippen MR) is 155 cm³/mol. The quantitative estimate of drug-likeness (QED) is 0.440. The number of benzene rings is 2. The first kappa shape index (κ1) is 31.7. The molecular weight excluding hydrogens is 554 g/mol. The van der Waals surface area contributed by atoms with Gasteiger partial charge in [-0.3, -0.25) is 4.79 Å². The third-order valence-electron chi connectivity index (χ3n) is 7.96. The molecule has 1 N–H and O–H groups in total. The van der Waals surface area contributed by atoms with Gasteiger partial charge >= 0.3 is 6.09 Å². The van der Waals surface area contributed by atoms with Gasteiger partial charge in [-0.1, -0.05) is 30.3 Å². The first-order valence-corrected chi connectivity index (χ1v) is 15.4. The number of nitrogens with zero attached hydrogens (tertiary/aromatic N) is 2. The van der Waals surface area contributed by atoms with Crippen molar-refractivity contribution >= 4 is 34.2 Å². The molecule has 0 aliphatic carbocycles. The van der Waals surface area contributed by atoms with Crippen LogP contribution in [0.2, 0.25) is 0 Å². The molecule has 1 spiro atoms. The van der Waals surface area contributed by atoms with Crippen molar-refractivity contribution < 1.29 is 27.5 Å². The van der Waals surface area contributed by atoms with Crippen LogP contribution in [0.1, 0.15) is 49.8 Å². The van der Waals surface area contributed by atoms with E-state index in [1.54, 1.807) is 38.3 Å². The van der Waals surface area contributed by atoms with E-state index in [2.05, 4.69) is 10.2 Å². The van der Waals surface area contributed by atoms with E-state index >= 15 is 0 Å². The van der Waals surface area contributed by atoms with Gasteiger partial charge in [-0.2, -0.15) is 0 Å². The van der Waals surface area contributed by atoms with Crippen LogP contribution in [0.4, 0.5) is 4.79 Å². The normalized spacial score (nSPS) is 17.8. The fourth-order valence-electron chi connectivity index (χ4n) is 5.66. The Hall–Kier alpha value is -2.82. The van der Waals surface area contributed by atoms with Crippen LogP contribution < -0.4 is 10.1 Å². The largest absolute Gasteiger partial charge is 0.496 e. The minimum atomic E-state index is -3.24. The molecule has 2 amide bonds. The Morgan fingerprint density at radius 1 is 1.05 bits per heavy atom. The Labute approximate surface area is 243 Å². The summed E-state index contributed by atoms with van der Waals surface area (Å²) in [5, 5.41) is 2.98. The van der Waals surface area contributed by atoms with Crippen LogP contribution in [0.25, 0.3) is 0 Å². The third-order valence-corrected chi connectivity index (χ3v) is 9.08. The van der Waals surface area contributed by atoms with Crippen molar-refractivity contribution in [3.63, 3.8) is 0 Å². The minimum Gasteiger partial charge on any atom is -0.496 e. The predicted octanol–water partition coefficient (Wildman–Crippen LogP) is 4.21. The Balaban J connectivity index is 0.00000441. The van der Waals surface area contributed by atoms with E-state index in [0.717, 1.165) is 55.8 Å². The third kappa shape index (κ3) is 7.47. The van der Waals surface area contributed by atoms with Gasteiger partial charge in [0.25, 0.3) is 0 Å². The van der Waals surface area contributed by atoms with Crippen LogP contribution in [-0.2, 0) is 25.9 Å². The number of para-hydroxylation sites is 1. The molecule has 9 nitrogen and oxygen atoms in total. The number of likely N-dealkylation sites (tertiary alicyclic amines) is 2. The molecule has 2 aliphatic heterocycles. The maximum Gasteiger partial charge on any atom is 0.407 e. The number of sulfone groups is 1. The average molecular weight is 594 g/mol. The number of hydrogen-bond donors (Lipinski definition) is 1. The van der Waals surface area contributed by atoms with Crippen molar-refractivity contribution in [2.24, 2.45) is 5.41 Å². The Morgan fingerprint density at radius 3 is 2.33 bits per heavy atom. The second-order valence-electron chi connectivity index (χ2n) is 10.5. The van der Waals surface area contributed by atoms with Crippen molar-refractivity contribution in [3.8, 4) is 5.75 Å². The van der Waals surface area contributed by atoms with Crippen LogP contribution in [-0.4, -0.2) is 76.4 Å². The zero-order valence-corrected chi connectivity index (χ0v) is 25.1. The summed E-state index contributed by atoms with van der Waals surface area (Å²) in [5.41, 5.74) is 1.52. The van der Waals surface area contributed by atoms with E-state index in [9.17, 15) is 18.0 Å². The van der Waals surface area contributed by atoms with E-state index in [1.807, 2.05) is 29.2 Å². The topological polar surface area (TPSA) is 105 Å². The summed E-state index contributed by atoms with van der Waals surface area (Å²) in [6.45, 7) is 5.70. The second kappa shape index (κ2) is 13.7. The van der Waals surface area contributed by atoms with Crippen molar-refractivity contribution in [2.45, 2.75) is 50.1 Å². The molecular formula is C29H40ClN3O6S. The molecule has 220 valence electrons. The van der Waals surface area contributed by atoms with Crippen molar-refractivity contribution in [1.29, 1.82) is 0 Å². The lowest BCUT2D eigenvalue weighted by Gasteiger charge is -2.38. The van der Waals surface area contributed by atoms with E-state index in [0.29, 0.717) is 26.1 Å². The highest BCUT2D eigenvalue weighted by molar-refractivity contribution is 7.90. The van der Waals surface area contributed by atoms with Crippen LogP contribution >= 0.6 is 12.4 Å². The smallest absolute Gasteiger partial charge is 0.407 e. The number of nitrogens with one attached hydrogen (secondary N) is 1. The molecule has 2 aromatic rings. The van der Waals surface area contributed by atoms with Gasteiger partial charge in [0.15, 0.2) is 9.84 Å². The molecule has 2 aliphatic rings. The molecule has 0 radical (unpaired) electrons. The van der Waals surface area contributed by atoms with Crippen molar-refractivity contribution in [3.05, 3.63) is 59.7 Å². The summed E-state index contributed by atoms with van der Waals surface area (Å²) in [4.78, 5) is 30.3. The number of methoxy groups -OCH3 is 1. The summed E-state index contributed by atoms with van der Waals surface area (Å²) < 4.78 is 34.1. The van der Waals surface area contributed by atoms with Crippen LogP contribution in [0.15, 0.2) is 53.4 Å². The molecule has 0 bridgehead atoms. The highest BCUT2D eigenvalue weighted by Crippen LogP contribution is 2.42. The fraction of sp³-hybridized carbons (Fsp3) is 0.517. The number of hydrogen-bond acceptors (Lipinski definition) is 7. The van der Waals surface area contributed by atoms with Gasteiger partial charge in [0, 0.05) is 31.5 Å². The molecule has 4 rings (SSSR count). The first-order valence-electron chi connectivity index (χ1n) is 13.5. The Morgan fingerprint density at radius 2 is 1.70 bits per heavy atom. The first-order chi connectivity index (χ1) is 18.6. The van der Waals surface area contributed by atoms with Gasteiger partial charge in [-0.15, -0.1) is 12.4 Å². The number of carbonyl (C=O) groups is 2. The second-order valence-corrected chi connectivity index (χ2v) is 12.5. The molecule has 0 saturated carbocycles. The number of alkyl carbamates (subject to hydrolysis) is 1. The van der Waals surface area contributed by atoms with Gasteiger partial charge in [-0.25, -0.2) is 13.2 Å². The molecule has 11 heteroatoms. The fourth-order valence-corrected chi connectivity index (χ4v) is 6.29. The summed E-state index contributed by atoms with van der Waals surface area (Å²) >= 11 is 0. The van der Waals surface area contributed by atoms with Gasteiger partial charge < -0.3 is 24.6 Å². The van der Waals surface area contributed by atoms with E-state index in [4.69, 9.17) is 9.47 Å². The van der Waals surface area contributed by atoms with E-state index in [-0.39, 0.29) is 34.7 Å². The zero-order valence-electron chi connectivity index (χ0n) is 23.4. The number of amides is 2. The van der Waals surface area contributed by atoms with E-state index < -0.39 is 15.9 Å². The molecule has 0 aromatic heterocycles. The number of halogens is 1. The van der Waals surface area contributed by atoms with Gasteiger partial charge in [-0.05, 0) is 69.5 Å². The number of piperidine rings is 1. The highest BCUT2D eigenvalue weighted by atomic mass is 35.5. The minimum absolute atomic E-state index is 0. The standard InChI is InChI=1S/C29H39N3O6S.ClH/c1-4-38-28(34)30-25(24-7-5-6-8-26(24)37-2)13-17-31-18-14-29(15-19-31)16-20-32(27(29)33)21-22-9-11-23(12-10-22)39(3,35)36;/h5-12,25H,4,13-21H2,1-3H3,(H,30,34);1H. The molecule has 2 heterocycles. The molecule has 40 heavy (non-hydrogen) atoms. The number of ether oxygens (including phenoxy) is 2. The molecule has 1 unspecified atom stereocenters. The molecule has 2 saturated heterocycles. The number of carbonyl (C=O) groups excluding carboxylic acids is 2. The summed E-state index contributed by atoms with van der Waals surface area (Å²) in [6.07, 6.45) is 3.89. The lowest BCUT2D eigenvalue weighted by Crippen LogP contribution is -2.45. The average Bonchev–Trinajstić information content (AvgIpc) is 3.21. The van der Waals surface area contributed by atoms with Crippen LogP contribution in [0.5, 0.6) is 5.75 Å². The Kier molecular flexibility index (Phi) is 10.9. The monoisotopic (exact) mass is 593 g/mol. The van der Waals surface area contributed by atoms with Crippen LogP contribution in [0, 0.1) is 5.41 Å². The van der Waals surface area contributed by atoms with Gasteiger partial charge in [0.2, 0.25) is 5.91 Å². The zero-order chi connectivity index (χ0) is 28.0. The highest BCUT2D eigenvalue weighted by Gasteiger charge is 2.47. The van der Waals surface area contributed by atoms with Crippen LogP contribution in [0.3, 0.4) is 0 Å². The lowest BCUT2D eigenvalue weighted by molar-refractivity contribution is -0.138. The summed E-state index contributed by atoms with van der Waals surface area (Å²) in [5.74, 6) is 0.921.